The monoisotopic (exact) mass is 720 g/mol. The fourth-order valence-electron chi connectivity index (χ4n) is 12.1. The Balaban J connectivity index is 1.00. The molecule has 6 heterocycles. The van der Waals surface area contributed by atoms with Crippen LogP contribution in [0.3, 0.4) is 0 Å². The zero-order chi connectivity index (χ0) is 38.0. The van der Waals surface area contributed by atoms with Crippen LogP contribution in [0.15, 0.2) is 121 Å². The van der Waals surface area contributed by atoms with Gasteiger partial charge in [-0.15, -0.1) is 0 Å². The van der Waals surface area contributed by atoms with Crippen molar-refractivity contribution in [3.05, 3.63) is 166 Å². The summed E-state index contributed by atoms with van der Waals surface area (Å²) in [6, 6.07) is 47.3. The maximum absolute atomic E-state index is 2.62. The number of rotatable bonds is 2. The summed E-state index contributed by atoms with van der Waals surface area (Å²) < 4.78 is 5.24. The molecule has 0 atom stereocenters. The lowest BCUT2D eigenvalue weighted by Crippen LogP contribution is -2.33. The second-order valence-electron chi connectivity index (χ2n) is 19.4. The molecule has 0 N–H and O–H groups in total. The summed E-state index contributed by atoms with van der Waals surface area (Å²) in [5.41, 5.74) is 24.2. The van der Waals surface area contributed by atoms with E-state index in [0.29, 0.717) is 0 Å². The number of benzene rings is 7. The molecule has 4 aliphatic rings. The van der Waals surface area contributed by atoms with Crippen LogP contribution in [-0.2, 0) is 21.7 Å². The number of aromatic nitrogens is 2. The minimum absolute atomic E-state index is 0.143. The van der Waals surface area contributed by atoms with Crippen molar-refractivity contribution in [3.8, 4) is 33.6 Å². The molecule has 0 radical (unpaired) electrons. The van der Waals surface area contributed by atoms with E-state index in [4.69, 9.17) is 0 Å². The highest BCUT2D eigenvalue weighted by atomic mass is 15.0. The lowest BCUT2D eigenvalue weighted by atomic mass is 9.67. The molecule has 56 heavy (non-hydrogen) atoms. The van der Waals surface area contributed by atoms with Crippen LogP contribution < -0.4 is 0 Å². The molecule has 2 heteroatoms. The van der Waals surface area contributed by atoms with Gasteiger partial charge in [0, 0.05) is 43.2 Å². The predicted molar refractivity (Wildman–Crippen MR) is 235 cm³/mol. The molecule has 13 rings (SSSR count). The van der Waals surface area contributed by atoms with Crippen LogP contribution in [0.5, 0.6) is 0 Å². The first-order valence-electron chi connectivity index (χ1n) is 20.4. The van der Waals surface area contributed by atoms with Gasteiger partial charge in [-0.1, -0.05) is 152 Å². The third kappa shape index (κ3) is 3.30. The topological polar surface area (TPSA) is 9.86 Å². The Kier molecular flexibility index (Phi) is 5.26. The van der Waals surface area contributed by atoms with Gasteiger partial charge in [0.15, 0.2) is 0 Å². The van der Waals surface area contributed by atoms with Crippen LogP contribution >= 0.6 is 0 Å². The van der Waals surface area contributed by atoms with E-state index in [1.807, 2.05) is 0 Å². The summed E-state index contributed by atoms with van der Waals surface area (Å²) in [4.78, 5) is 0. The maximum atomic E-state index is 2.62. The van der Waals surface area contributed by atoms with Gasteiger partial charge in [0.1, 0.15) is 0 Å². The highest BCUT2D eigenvalue weighted by molar-refractivity contribution is 6.15. The van der Waals surface area contributed by atoms with E-state index in [1.54, 1.807) is 0 Å². The molecular formula is C54H44N2. The number of para-hydroxylation sites is 4. The second kappa shape index (κ2) is 9.39. The number of nitrogens with zero attached hydrogens (tertiary/aromatic N) is 2. The molecule has 0 unspecified atom stereocenters. The van der Waals surface area contributed by atoms with Gasteiger partial charge in [-0.2, -0.15) is 0 Å². The van der Waals surface area contributed by atoms with Gasteiger partial charge in [-0.3, -0.25) is 0 Å². The van der Waals surface area contributed by atoms with Crippen LogP contribution in [0.1, 0.15) is 99.9 Å². The smallest absolute Gasteiger partial charge is 0.0582 e. The van der Waals surface area contributed by atoms with Gasteiger partial charge in [0.05, 0.1) is 33.4 Å². The van der Waals surface area contributed by atoms with Crippen molar-refractivity contribution in [2.24, 2.45) is 0 Å². The van der Waals surface area contributed by atoms with Crippen LogP contribution in [0.4, 0.5) is 0 Å². The van der Waals surface area contributed by atoms with Gasteiger partial charge in [-0.05, 0) is 91.0 Å². The fraction of sp³-hybridized carbons (Fsp3) is 0.222. The molecule has 0 aliphatic carbocycles. The SMILES string of the molecule is CC1(C)c2cc(-c3ccc(-c4cc5c6c(c4)C(C)(C)c4cccc7c8cccc(c8n-6c47)C5(C)C)cc3)cc3c2-n2c4c1cccc4c1cccc(c12)C3(C)C. The quantitative estimate of drug-likeness (QED) is 0.168. The molecule has 0 saturated carbocycles. The standard InChI is InChI=1S/C54H44N2/c1-51(2)37-17-9-13-33-34-14-10-18-38-46(34)55(45(33)37)49-41(51)25-31(26-42(49)52(38,3)4)29-21-23-30(24-22-29)32-27-43-50-44(28-32)54(7,8)40-20-12-16-36-35-15-11-19-39(53(43,5)6)47(35)56(50)48(36)40/h9-28H,1-8H3. The minimum atomic E-state index is -0.143. The Morgan fingerprint density at radius 2 is 0.536 bits per heavy atom. The summed E-state index contributed by atoms with van der Waals surface area (Å²) >= 11 is 0. The van der Waals surface area contributed by atoms with Gasteiger partial charge in [0.2, 0.25) is 0 Å². The number of hydrogen-bond donors (Lipinski definition) is 0. The minimum Gasteiger partial charge on any atom is -0.308 e. The number of fused-ring (bicyclic) bond motifs is 2. The normalized spacial score (nSPS) is 17.9. The van der Waals surface area contributed by atoms with Crippen molar-refractivity contribution >= 4 is 43.6 Å². The summed E-state index contributed by atoms with van der Waals surface area (Å²) in [6.07, 6.45) is 0. The first-order valence-corrected chi connectivity index (χ1v) is 20.4. The molecule has 2 aromatic heterocycles. The second-order valence-corrected chi connectivity index (χ2v) is 19.4. The molecule has 7 aromatic carbocycles. The zero-order valence-electron chi connectivity index (χ0n) is 33.4. The van der Waals surface area contributed by atoms with Gasteiger partial charge >= 0.3 is 0 Å². The van der Waals surface area contributed by atoms with Crippen molar-refractivity contribution in [1.82, 2.24) is 9.13 Å². The summed E-state index contributed by atoms with van der Waals surface area (Å²) in [5.74, 6) is 0. The van der Waals surface area contributed by atoms with E-state index in [-0.39, 0.29) is 21.7 Å². The average Bonchev–Trinajstić information content (AvgIpc) is 3.72. The van der Waals surface area contributed by atoms with Crippen molar-refractivity contribution in [3.63, 3.8) is 0 Å². The molecule has 0 amide bonds. The van der Waals surface area contributed by atoms with Crippen molar-refractivity contribution in [2.45, 2.75) is 77.0 Å². The van der Waals surface area contributed by atoms with Crippen LogP contribution in [0.2, 0.25) is 0 Å². The molecule has 0 fully saturated rings. The van der Waals surface area contributed by atoms with Crippen LogP contribution in [-0.4, -0.2) is 9.13 Å². The first kappa shape index (κ1) is 31.4. The molecule has 0 bridgehead atoms. The van der Waals surface area contributed by atoms with Crippen molar-refractivity contribution in [1.29, 1.82) is 0 Å². The lowest BCUT2D eigenvalue weighted by molar-refractivity contribution is 0.594. The van der Waals surface area contributed by atoms with E-state index < -0.39 is 0 Å². The van der Waals surface area contributed by atoms with E-state index in [1.165, 1.54) is 122 Å². The molecule has 9 aromatic rings. The largest absolute Gasteiger partial charge is 0.308 e. The third-order valence-electron chi connectivity index (χ3n) is 15.2. The summed E-state index contributed by atoms with van der Waals surface area (Å²) in [6.45, 7) is 19.4. The van der Waals surface area contributed by atoms with E-state index >= 15 is 0 Å². The maximum Gasteiger partial charge on any atom is 0.0582 e. The Morgan fingerprint density at radius 3 is 0.786 bits per heavy atom. The Morgan fingerprint density at radius 1 is 0.286 bits per heavy atom. The van der Waals surface area contributed by atoms with E-state index in [9.17, 15) is 0 Å². The molecule has 0 spiro atoms. The molecule has 2 nitrogen and oxygen atoms in total. The first-order chi connectivity index (χ1) is 26.8. The van der Waals surface area contributed by atoms with Crippen molar-refractivity contribution in [2.75, 3.05) is 0 Å². The highest BCUT2D eigenvalue weighted by Gasteiger charge is 2.45. The molecule has 0 saturated heterocycles. The molecular weight excluding hydrogens is 677 g/mol. The van der Waals surface area contributed by atoms with Gasteiger partial charge in [0.25, 0.3) is 0 Å². The van der Waals surface area contributed by atoms with Crippen LogP contribution in [0, 0.1) is 0 Å². The van der Waals surface area contributed by atoms with E-state index in [2.05, 4.69) is 186 Å². The van der Waals surface area contributed by atoms with Gasteiger partial charge in [-0.25, -0.2) is 0 Å². The highest BCUT2D eigenvalue weighted by Crippen LogP contribution is 2.58. The third-order valence-corrected chi connectivity index (χ3v) is 15.2. The van der Waals surface area contributed by atoms with Crippen LogP contribution in [0.25, 0.3) is 77.2 Å². The van der Waals surface area contributed by atoms with Crippen molar-refractivity contribution < 1.29 is 0 Å². The predicted octanol–water partition coefficient (Wildman–Crippen LogP) is 13.8. The Bertz CT molecular complexity index is 2920. The Hall–Kier alpha value is -5.86. The number of hydrogen-bond acceptors (Lipinski definition) is 0. The fourth-order valence-corrected chi connectivity index (χ4v) is 12.1. The lowest BCUT2D eigenvalue weighted by Gasteiger charge is -2.42. The average molecular weight is 721 g/mol. The van der Waals surface area contributed by atoms with Gasteiger partial charge < -0.3 is 9.13 Å². The van der Waals surface area contributed by atoms with E-state index in [0.717, 1.165) is 0 Å². The Labute approximate surface area is 328 Å². The summed E-state index contributed by atoms with van der Waals surface area (Å²) in [5, 5.41) is 5.47. The molecule has 4 aliphatic heterocycles. The summed E-state index contributed by atoms with van der Waals surface area (Å²) in [7, 11) is 0. The molecule has 270 valence electrons. The zero-order valence-corrected chi connectivity index (χ0v) is 33.4.